The summed E-state index contributed by atoms with van der Waals surface area (Å²) in [7, 11) is -3.24. The highest BCUT2D eigenvalue weighted by molar-refractivity contribution is 7.92. The molecule has 78 valence electrons. The highest BCUT2D eigenvalue weighted by Crippen LogP contribution is 2.15. The van der Waals surface area contributed by atoms with Crippen LogP contribution in [-0.2, 0) is 10.0 Å². The Bertz CT molecular complexity index is 595. The van der Waals surface area contributed by atoms with Crippen molar-refractivity contribution in [2.45, 2.75) is 0 Å². The molecule has 1 aromatic heterocycles. The highest BCUT2D eigenvalue weighted by Gasteiger charge is 2.02. The Kier molecular flexibility index (Phi) is 2.28. The third-order valence-electron chi connectivity index (χ3n) is 1.77. The summed E-state index contributed by atoms with van der Waals surface area (Å²) < 4.78 is 24.4. The van der Waals surface area contributed by atoms with Crippen LogP contribution >= 0.6 is 0 Å². The number of hydrogen-bond acceptors (Lipinski definition) is 4. The molecule has 0 spiro atoms. The molecular weight excluding hydrogens is 214 g/mol. The average Bonchev–Trinajstić information content (AvgIpc) is 2.15. The number of aromatic nitrogens is 2. The van der Waals surface area contributed by atoms with Crippen LogP contribution in [0.2, 0.25) is 0 Å². The van der Waals surface area contributed by atoms with Crippen LogP contribution in [0.15, 0.2) is 30.6 Å². The highest BCUT2D eigenvalue weighted by atomic mass is 32.2. The Labute approximate surface area is 87.2 Å². The predicted octanol–water partition coefficient (Wildman–Crippen LogP) is 1.00. The lowest BCUT2D eigenvalue weighted by Crippen LogP contribution is -2.09. The third kappa shape index (κ3) is 2.41. The summed E-state index contributed by atoms with van der Waals surface area (Å²) >= 11 is 0. The fraction of sp³-hybridized carbons (Fsp3) is 0.111. The molecule has 2 rings (SSSR count). The molecule has 0 saturated heterocycles. The first kappa shape index (κ1) is 9.85. The van der Waals surface area contributed by atoms with Crippen molar-refractivity contribution in [2.75, 3.05) is 11.0 Å². The molecule has 2 aromatic rings. The monoisotopic (exact) mass is 223 g/mol. The normalized spacial score (nSPS) is 11.5. The second kappa shape index (κ2) is 3.47. The van der Waals surface area contributed by atoms with Gasteiger partial charge >= 0.3 is 0 Å². The van der Waals surface area contributed by atoms with Gasteiger partial charge in [0.25, 0.3) is 0 Å². The third-order valence-corrected chi connectivity index (χ3v) is 2.38. The second-order valence-electron chi connectivity index (χ2n) is 3.13. The molecule has 15 heavy (non-hydrogen) atoms. The molecule has 0 amide bonds. The molecule has 0 bridgehead atoms. The van der Waals surface area contributed by atoms with E-state index in [-0.39, 0.29) is 0 Å². The van der Waals surface area contributed by atoms with Gasteiger partial charge in [-0.25, -0.2) is 8.42 Å². The Hall–Kier alpha value is -1.69. The minimum absolute atomic E-state index is 0.491. The predicted molar refractivity (Wildman–Crippen MR) is 58.0 cm³/mol. The molecule has 0 saturated carbocycles. The molecule has 0 unspecified atom stereocenters. The number of fused-ring (bicyclic) bond motifs is 1. The van der Waals surface area contributed by atoms with Crippen LogP contribution < -0.4 is 4.72 Å². The molecule has 0 radical (unpaired) electrons. The van der Waals surface area contributed by atoms with Crippen LogP contribution in [0.25, 0.3) is 11.0 Å². The molecule has 0 atom stereocenters. The summed E-state index contributed by atoms with van der Waals surface area (Å²) in [6.07, 6.45) is 4.26. The topological polar surface area (TPSA) is 72.0 Å². The quantitative estimate of drug-likeness (QED) is 0.824. The van der Waals surface area contributed by atoms with Crippen LogP contribution in [0.1, 0.15) is 0 Å². The molecule has 0 fully saturated rings. The van der Waals surface area contributed by atoms with Crippen LogP contribution in [0.5, 0.6) is 0 Å². The standard InChI is InChI=1S/C9H9N3O2S/c1-15(13,14)12-7-2-3-8-9(6-7)11-5-4-10-8/h2-6,12H,1H3. The van der Waals surface area contributed by atoms with E-state index in [2.05, 4.69) is 14.7 Å². The average molecular weight is 223 g/mol. The minimum Gasteiger partial charge on any atom is -0.284 e. The smallest absolute Gasteiger partial charge is 0.229 e. The number of hydrogen-bond donors (Lipinski definition) is 1. The molecular formula is C9H9N3O2S. The zero-order valence-electron chi connectivity index (χ0n) is 8.01. The Morgan fingerprint density at radius 1 is 1.13 bits per heavy atom. The van der Waals surface area contributed by atoms with Gasteiger partial charge in [-0.2, -0.15) is 0 Å². The first-order valence-electron chi connectivity index (χ1n) is 4.23. The van der Waals surface area contributed by atoms with Crippen molar-refractivity contribution in [3.63, 3.8) is 0 Å². The van der Waals surface area contributed by atoms with Crippen LogP contribution in [-0.4, -0.2) is 24.6 Å². The lowest BCUT2D eigenvalue weighted by molar-refractivity contribution is 0.607. The van der Waals surface area contributed by atoms with Gasteiger partial charge in [-0.05, 0) is 18.2 Å². The zero-order chi connectivity index (χ0) is 10.9. The van der Waals surface area contributed by atoms with E-state index in [0.717, 1.165) is 11.8 Å². The molecule has 1 aromatic carbocycles. The first-order valence-corrected chi connectivity index (χ1v) is 6.12. The van der Waals surface area contributed by atoms with Crippen molar-refractivity contribution in [3.05, 3.63) is 30.6 Å². The van der Waals surface area contributed by atoms with Crippen LogP contribution in [0.4, 0.5) is 5.69 Å². The van der Waals surface area contributed by atoms with Crippen molar-refractivity contribution in [2.24, 2.45) is 0 Å². The van der Waals surface area contributed by atoms with Crippen molar-refractivity contribution in [1.82, 2.24) is 9.97 Å². The summed E-state index contributed by atoms with van der Waals surface area (Å²) in [6, 6.07) is 5.01. The lowest BCUT2D eigenvalue weighted by Gasteiger charge is -2.03. The van der Waals surface area contributed by atoms with E-state index in [4.69, 9.17) is 0 Å². The number of rotatable bonds is 2. The summed E-state index contributed by atoms with van der Waals surface area (Å²) in [4.78, 5) is 8.15. The van der Waals surface area contributed by atoms with Gasteiger partial charge in [0.05, 0.1) is 23.0 Å². The van der Waals surface area contributed by atoms with Crippen molar-refractivity contribution in [1.29, 1.82) is 0 Å². The van der Waals surface area contributed by atoms with Gasteiger partial charge in [-0.1, -0.05) is 0 Å². The van der Waals surface area contributed by atoms with Gasteiger partial charge in [0, 0.05) is 12.4 Å². The summed E-state index contributed by atoms with van der Waals surface area (Å²) in [6.45, 7) is 0. The van der Waals surface area contributed by atoms with E-state index in [0.29, 0.717) is 11.2 Å². The Morgan fingerprint density at radius 3 is 2.47 bits per heavy atom. The van der Waals surface area contributed by atoms with Crippen molar-refractivity contribution >= 4 is 26.7 Å². The maximum absolute atomic E-state index is 11.0. The minimum atomic E-state index is -3.24. The number of benzene rings is 1. The molecule has 0 aliphatic heterocycles. The van der Waals surface area contributed by atoms with E-state index >= 15 is 0 Å². The largest absolute Gasteiger partial charge is 0.284 e. The second-order valence-corrected chi connectivity index (χ2v) is 4.88. The summed E-state index contributed by atoms with van der Waals surface area (Å²) in [5.74, 6) is 0. The number of nitrogens with one attached hydrogen (secondary N) is 1. The number of nitrogens with zero attached hydrogens (tertiary/aromatic N) is 2. The van der Waals surface area contributed by atoms with E-state index in [9.17, 15) is 8.42 Å². The van der Waals surface area contributed by atoms with Gasteiger partial charge in [0.2, 0.25) is 10.0 Å². The van der Waals surface area contributed by atoms with Gasteiger partial charge in [0.15, 0.2) is 0 Å². The summed E-state index contributed by atoms with van der Waals surface area (Å²) in [5, 5.41) is 0. The first-order chi connectivity index (χ1) is 7.04. The van der Waals surface area contributed by atoms with E-state index in [1.165, 1.54) is 0 Å². The Balaban J connectivity index is 2.48. The van der Waals surface area contributed by atoms with Crippen molar-refractivity contribution < 1.29 is 8.42 Å². The maximum Gasteiger partial charge on any atom is 0.229 e. The molecule has 0 aliphatic carbocycles. The molecule has 6 heteroatoms. The SMILES string of the molecule is CS(=O)(=O)Nc1ccc2nccnc2c1. The molecule has 0 aliphatic rings. The van der Waals surface area contributed by atoms with Crippen molar-refractivity contribution in [3.8, 4) is 0 Å². The maximum atomic E-state index is 11.0. The fourth-order valence-electron chi connectivity index (χ4n) is 1.24. The van der Waals surface area contributed by atoms with Gasteiger partial charge in [-0.3, -0.25) is 14.7 Å². The van der Waals surface area contributed by atoms with E-state index < -0.39 is 10.0 Å². The number of sulfonamides is 1. The van der Waals surface area contributed by atoms with Crippen LogP contribution in [0, 0.1) is 0 Å². The lowest BCUT2D eigenvalue weighted by atomic mass is 10.3. The van der Waals surface area contributed by atoms with Gasteiger partial charge in [0.1, 0.15) is 0 Å². The molecule has 1 N–H and O–H groups in total. The molecule has 1 heterocycles. The number of anilines is 1. The van der Waals surface area contributed by atoms with Gasteiger partial charge in [-0.15, -0.1) is 0 Å². The fourth-order valence-corrected chi connectivity index (χ4v) is 1.80. The Morgan fingerprint density at radius 2 is 1.80 bits per heavy atom. The van der Waals surface area contributed by atoms with Crippen LogP contribution in [0.3, 0.4) is 0 Å². The van der Waals surface area contributed by atoms with E-state index in [1.54, 1.807) is 30.6 Å². The van der Waals surface area contributed by atoms with E-state index in [1.807, 2.05) is 0 Å². The zero-order valence-corrected chi connectivity index (χ0v) is 8.82. The molecule has 5 nitrogen and oxygen atoms in total. The van der Waals surface area contributed by atoms with Gasteiger partial charge < -0.3 is 0 Å². The summed E-state index contributed by atoms with van der Waals surface area (Å²) in [5.41, 5.74) is 1.88.